The van der Waals surface area contributed by atoms with Crippen molar-refractivity contribution < 1.29 is 58.2 Å². The van der Waals surface area contributed by atoms with Crippen LogP contribution in [0.3, 0.4) is 0 Å². The maximum atomic E-state index is 13.9. The molecular weight excluding hydrogens is 788 g/mol. The van der Waals surface area contributed by atoms with E-state index in [1.807, 2.05) is 0 Å². The summed E-state index contributed by atoms with van der Waals surface area (Å²) < 4.78 is 0. The second kappa shape index (κ2) is 28.2. The predicted octanol–water partition coefficient (Wildman–Crippen LogP) is -2.42. The zero-order valence-electron chi connectivity index (χ0n) is 35.5. The summed E-state index contributed by atoms with van der Waals surface area (Å²) in [5.41, 5.74) is 21.9. The third-order valence-corrected chi connectivity index (χ3v) is 9.39. The van der Waals surface area contributed by atoms with Crippen LogP contribution >= 0.6 is 0 Å². The van der Waals surface area contributed by atoms with Crippen molar-refractivity contribution in [2.24, 2.45) is 40.7 Å². The van der Waals surface area contributed by atoms with E-state index in [4.69, 9.17) is 22.9 Å². The van der Waals surface area contributed by atoms with Gasteiger partial charge in [0.1, 0.15) is 36.3 Å². The number of carboxylic acids is 2. The molecule has 0 fully saturated rings. The molecule has 60 heavy (non-hydrogen) atoms. The van der Waals surface area contributed by atoms with Crippen molar-refractivity contribution in [3.63, 3.8) is 0 Å². The third-order valence-electron chi connectivity index (χ3n) is 9.39. The molecule has 0 aromatic rings. The van der Waals surface area contributed by atoms with Crippen molar-refractivity contribution in [1.29, 1.82) is 0 Å². The highest BCUT2D eigenvalue weighted by molar-refractivity contribution is 5.97. The number of hydrogen-bond donors (Lipinski definition) is 12. The summed E-state index contributed by atoms with van der Waals surface area (Å²) in [6.45, 7) is 10.8. The van der Waals surface area contributed by atoms with Gasteiger partial charge in [-0.15, -0.1) is 0 Å². The van der Waals surface area contributed by atoms with Crippen LogP contribution in [0.25, 0.3) is 0 Å². The van der Waals surface area contributed by atoms with Crippen LogP contribution in [-0.4, -0.2) is 118 Å². The minimum atomic E-state index is -1.66. The number of hydrogen-bond acceptors (Lipinski definition) is 12. The Labute approximate surface area is 350 Å². The van der Waals surface area contributed by atoms with Crippen LogP contribution in [0.2, 0.25) is 0 Å². The van der Waals surface area contributed by atoms with Crippen molar-refractivity contribution in [3.05, 3.63) is 0 Å². The van der Waals surface area contributed by atoms with E-state index in [0.29, 0.717) is 25.8 Å². The Morgan fingerprint density at radius 2 is 0.967 bits per heavy atom. The molecule has 0 aliphatic carbocycles. The fourth-order valence-electron chi connectivity index (χ4n) is 5.85. The molecule has 0 aromatic carbocycles. The van der Waals surface area contributed by atoms with Crippen molar-refractivity contribution in [2.75, 3.05) is 6.54 Å². The summed E-state index contributed by atoms with van der Waals surface area (Å²) in [6, 6.07) is -9.56. The molecule has 22 nitrogen and oxygen atoms in total. The fourth-order valence-corrected chi connectivity index (χ4v) is 5.85. The summed E-state index contributed by atoms with van der Waals surface area (Å²) in [4.78, 5) is 127. The number of carbonyl (C=O) groups excluding carboxylic acids is 8. The lowest BCUT2D eigenvalue weighted by Crippen LogP contribution is -2.60. The first-order valence-electron chi connectivity index (χ1n) is 20.2. The second-order valence-electron chi connectivity index (χ2n) is 15.8. The van der Waals surface area contributed by atoms with Crippen LogP contribution in [-0.2, 0) is 47.9 Å². The van der Waals surface area contributed by atoms with E-state index in [9.17, 15) is 58.2 Å². The van der Waals surface area contributed by atoms with Gasteiger partial charge in [-0.2, -0.15) is 0 Å². The average Bonchev–Trinajstić information content (AvgIpc) is 3.14. The first-order valence-corrected chi connectivity index (χ1v) is 20.2. The number of rotatable bonds is 31. The molecule has 22 heteroatoms. The summed E-state index contributed by atoms with van der Waals surface area (Å²) in [5.74, 6) is -10.7. The largest absolute Gasteiger partial charge is 0.481 e. The van der Waals surface area contributed by atoms with Crippen LogP contribution in [0.1, 0.15) is 112 Å². The quantitative estimate of drug-likeness (QED) is 0.0323. The molecule has 0 rings (SSSR count). The van der Waals surface area contributed by atoms with Gasteiger partial charge in [-0.05, 0) is 62.8 Å². The topological polar surface area (TPSA) is 387 Å². The molecule has 0 aliphatic rings. The lowest BCUT2D eigenvalue weighted by molar-refractivity contribution is -0.144. The number of primary amides is 2. The summed E-state index contributed by atoms with van der Waals surface area (Å²) in [7, 11) is 0. The highest BCUT2D eigenvalue weighted by Crippen LogP contribution is 2.14. The van der Waals surface area contributed by atoms with Gasteiger partial charge >= 0.3 is 11.9 Å². The Morgan fingerprint density at radius 3 is 1.38 bits per heavy atom. The summed E-state index contributed by atoms with van der Waals surface area (Å²) in [6.07, 6.45) is -0.557. The van der Waals surface area contributed by atoms with Gasteiger partial charge in [-0.1, -0.05) is 54.4 Å². The van der Waals surface area contributed by atoms with Gasteiger partial charge in [-0.25, -0.2) is 4.79 Å². The van der Waals surface area contributed by atoms with Crippen LogP contribution < -0.4 is 54.8 Å². The van der Waals surface area contributed by atoms with Crippen LogP contribution in [0, 0.1) is 17.8 Å². The molecule has 8 amide bonds. The minimum absolute atomic E-state index is 0.0147. The molecule has 0 spiro atoms. The first-order chi connectivity index (χ1) is 27.9. The van der Waals surface area contributed by atoms with E-state index in [1.165, 1.54) is 0 Å². The number of carbonyl (C=O) groups is 10. The van der Waals surface area contributed by atoms with Gasteiger partial charge in [0.2, 0.25) is 47.3 Å². The van der Waals surface area contributed by atoms with Gasteiger partial charge in [-0.3, -0.25) is 43.2 Å². The highest BCUT2D eigenvalue weighted by Gasteiger charge is 2.36. The van der Waals surface area contributed by atoms with E-state index in [0.717, 1.165) is 0 Å². The molecule has 16 N–H and O–H groups in total. The number of carboxylic acid groups (broad SMARTS) is 2. The second-order valence-corrected chi connectivity index (χ2v) is 15.8. The number of aliphatic carboxylic acids is 2. The number of amides is 8. The zero-order chi connectivity index (χ0) is 46.3. The van der Waals surface area contributed by atoms with Crippen molar-refractivity contribution >= 4 is 59.2 Å². The van der Waals surface area contributed by atoms with Gasteiger partial charge in [0.25, 0.3) is 0 Å². The molecular formula is C38H68N10O12. The predicted molar refractivity (Wildman–Crippen MR) is 218 cm³/mol. The highest BCUT2D eigenvalue weighted by atomic mass is 16.4. The Bertz CT molecular complexity index is 1490. The molecule has 0 radical (unpaired) electrons. The Balaban J connectivity index is 6.47. The molecule has 0 aliphatic heterocycles. The molecule has 8 atom stereocenters. The van der Waals surface area contributed by atoms with E-state index in [2.05, 4.69) is 31.9 Å². The Morgan fingerprint density at radius 1 is 0.533 bits per heavy atom. The molecule has 342 valence electrons. The number of nitrogens with one attached hydrogen (secondary N) is 6. The summed E-state index contributed by atoms with van der Waals surface area (Å²) >= 11 is 0. The van der Waals surface area contributed by atoms with E-state index in [-0.39, 0.29) is 43.9 Å². The van der Waals surface area contributed by atoms with E-state index in [1.54, 1.807) is 41.5 Å². The zero-order valence-corrected chi connectivity index (χ0v) is 35.5. The monoisotopic (exact) mass is 857 g/mol. The van der Waals surface area contributed by atoms with Gasteiger partial charge in [0, 0.05) is 12.8 Å². The lowest BCUT2D eigenvalue weighted by atomic mass is 9.96. The Hall–Kier alpha value is -5.38. The fraction of sp³-hybridized carbons (Fsp3) is 0.737. The Kier molecular flexibility index (Phi) is 25.6. The maximum absolute atomic E-state index is 13.9. The molecule has 0 unspecified atom stereocenters. The minimum Gasteiger partial charge on any atom is -0.481 e. The molecule has 0 heterocycles. The SMILES string of the molecule is CC[C@H](C)[C@H](NC(=O)[C@H](CC(C)C)NC(=O)[C@H](CC(C)C)NC(=O)[C@H](CCC(=O)O)NC(=O)[C@H](CCC(N)=O)NC(=O)[C@@H](N)CCCCN)C(=O)N[C@@H](CC(N)=O)C(=O)O. The number of nitrogens with two attached hydrogens (primary N) is 4. The molecule has 0 aromatic heterocycles. The lowest BCUT2D eigenvalue weighted by Gasteiger charge is -2.30. The number of unbranched alkanes of at least 4 members (excludes halogenated alkanes) is 1. The summed E-state index contributed by atoms with van der Waals surface area (Å²) in [5, 5.41) is 33.8. The van der Waals surface area contributed by atoms with Crippen molar-refractivity contribution in [2.45, 2.75) is 154 Å². The van der Waals surface area contributed by atoms with Crippen LogP contribution in [0.15, 0.2) is 0 Å². The maximum Gasteiger partial charge on any atom is 0.326 e. The smallest absolute Gasteiger partial charge is 0.326 e. The third kappa shape index (κ3) is 22.1. The molecule has 0 bridgehead atoms. The van der Waals surface area contributed by atoms with Gasteiger partial charge < -0.3 is 65.0 Å². The normalized spacial score (nSPS) is 15.2. The van der Waals surface area contributed by atoms with Crippen molar-refractivity contribution in [1.82, 2.24) is 31.9 Å². The van der Waals surface area contributed by atoms with E-state index >= 15 is 0 Å². The van der Waals surface area contributed by atoms with Crippen LogP contribution in [0.5, 0.6) is 0 Å². The molecule has 0 saturated carbocycles. The average molecular weight is 857 g/mol. The van der Waals surface area contributed by atoms with E-state index < -0.39 is 127 Å². The van der Waals surface area contributed by atoms with Crippen LogP contribution in [0.4, 0.5) is 0 Å². The first kappa shape index (κ1) is 54.6. The van der Waals surface area contributed by atoms with Crippen molar-refractivity contribution in [3.8, 4) is 0 Å². The molecule has 0 saturated heterocycles. The van der Waals surface area contributed by atoms with Gasteiger partial charge in [0.05, 0.1) is 12.5 Å². The standard InChI is InChI=1S/C38H68N10O12/c1-7-21(6)31(37(58)47-27(38(59)60)18-29(42)50)48-36(57)26(17-20(4)5)46-35(56)25(16-19(2)3)45-34(55)24(12-14-30(51)52)44-33(54)23(11-13-28(41)49)43-32(53)22(40)10-8-9-15-39/h19-27,31H,7-18,39-40H2,1-6H3,(H2,41,49)(H2,42,50)(H,43,53)(H,44,54)(H,45,55)(H,46,56)(H,47,58)(H,48,57)(H,51,52)(H,59,60)/t21-,22-,23-,24-,25-,26-,27-,31-/m0/s1. The van der Waals surface area contributed by atoms with Gasteiger partial charge in [0.15, 0.2) is 0 Å².